The number of anilines is 1. The Bertz CT molecular complexity index is 574. The van der Waals surface area contributed by atoms with Crippen molar-refractivity contribution in [2.75, 3.05) is 39.2 Å². The Morgan fingerprint density at radius 1 is 1.28 bits per heavy atom. The van der Waals surface area contributed by atoms with Gasteiger partial charge in [0.1, 0.15) is 0 Å². The normalized spacial score (nSPS) is 17.2. The van der Waals surface area contributed by atoms with Gasteiger partial charge in [-0.2, -0.15) is 0 Å². The molecule has 6 nitrogen and oxygen atoms in total. The van der Waals surface area contributed by atoms with Crippen molar-refractivity contribution in [3.8, 4) is 0 Å². The molecular weight excluding hydrogens is 318 g/mol. The molecule has 0 aliphatic carbocycles. The molecular formula is C19H29N3O3. The van der Waals surface area contributed by atoms with E-state index in [4.69, 9.17) is 4.74 Å². The molecule has 1 N–H and O–H groups in total. The molecule has 25 heavy (non-hydrogen) atoms. The SMILES string of the molecule is COCCCN(C)C(=O)Nc1ccc(C(=O)N2CCCC[C@@H]2C)cc1. The van der Waals surface area contributed by atoms with Crippen LogP contribution in [0.25, 0.3) is 0 Å². The Morgan fingerprint density at radius 3 is 2.64 bits per heavy atom. The maximum absolute atomic E-state index is 12.6. The smallest absolute Gasteiger partial charge is 0.321 e. The van der Waals surface area contributed by atoms with Crippen LogP contribution in [0.2, 0.25) is 0 Å². The lowest BCUT2D eigenvalue weighted by atomic mass is 10.0. The number of rotatable bonds is 6. The number of urea groups is 1. The van der Waals surface area contributed by atoms with Crippen molar-refractivity contribution in [2.45, 2.75) is 38.6 Å². The number of benzene rings is 1. The van der Waals surface area contributed by atoms with Gasteiger partial charge < -0.3 is 19.9 Å². The third-order valence-corrected chi connectivity index (χ3v) is 4.64. The summed E-state index contributed by atoms with van der Waals surface area (Å²) in [6, 6.07) is 7.25. The van der Waals surface area contributed by atoms with Crippen LogP contribution >= 0.6 is 0 Å². The van der Waals surface area contributed by atoms with Crippen LogP contribution in [-0.2, 0) is 4.74 Å². The monoisotopic (exact) mass is 347 g/mol. The number of piperidine rings is 1. The second-order valence-corrected chi connectivity index (χ2v) is 6.62. The fourth-order valence-electron chi connectivity index (χ4n) is 3.03. The highest BCUT2D eigenvalue weighted by molar-refractivity contribution is 5.95. The van der Waals surface area contributed by atoms with Gasteiger partial charge in [0, 0.05) is 51.1 Å². The van der Waals surface area contributed by atoms with Crippen molar-refractivity contribution in [3.05, 3.63) is 29.8 Å². The number of hydrogen-bond donors (Lipinski definition) is 1. The number of ether oxygens (including phenoxy) is 1. The Morgan fingerprint density at radius 2 is 2.00 bits per heavy atom. The zero-order chi connectivity index (χ0) is 18.2. The van der Waals surface area contributed by atoms with Crippen molar-refractivity contribution in [1.29, 1.82) is 0 Å². The molecule has 0 saturated carbocycles. The second-order valence-electron chi connectivity index (χ2n) is 6.62. The van der Waals surface area contributed by atoms with Gasteiger partial charge in [-0.15, -0.1) is 0 Å². The molecule has 1 atom stereocenters. The maximum atomic E-state index is 12.6. The molecule has 1 aromatic rings. The third-order valence-electron chi connectivity index (χ3n) is 4.64. The van der Waals surface area contributed by atoms with E-state index in [9.17, 15) is 9.59 Å². The van der Waals surface area contributed by atoms with Crippen LogP contribution in [0.1, 0.15) is 43.0 Å². The van der Waals surface area contributed by atoms with Gasteiger partial charge in [0.2, 0.25) is 0 Å². The molecule has 1 aromatic carbocycles. The Labute approximate surface area is 150 Å². The minimum absolute atomic E-state index is 0.0711. The van der Waals surface area contributed by atoms with E-state index in [1.165, 1.54) is 6.42 Å². The van der Waals surface area contributed by atoms with Crippen LogP contribution in [0, 0.1) is 0 Å². The second kappa shape index (κ2) is 9.42. The minimum atomic E-state index is -0.167. The van der Waals surface area contributed by atoms with Crippen molar-refractivity contribution < 1.29 is 14.3 Å². The van der Waals surface area contributed by atoms with E-state index < -0.39 is 0 Å². The number of carbonyl (C=O) groups excluding carboxylic acids is 2. The molecule has 2 rings (SSSR count). The van der Waals surface area contributed by atoms with Gasteiger partial charge in [-0.1, -0.05) is 0 Å². The molecule has 6 heteroatoms. The number of amides is 3. The predicted octanol–water partition coefficient (Wildman–Crippen LogP) is 3.20. The van der Waals surface area contributed by atoms with E-state index in [1.54, 1.807) is 43.3 Å². The molecule has 0 bridgehead atoms. The van der Waals surface area contributed by atoms with E-state index in [2.05, 4.69) is 12.2 Å². The zero-order valence-electron chi connectivity index (χ0n) is 15.5. The van der Waals surface area contributed by atoms with Gasteiger partial charge >= 0.3 is 6.03 Å². The number of methoxy groups -OCH3 is 1. The molecule has 1 heterocycles. The fourth-order valence-corrected chi connectivity index (χ4v) is 3.03. The summed E-state index contributed by atoms with van der Waals surface area (Å²) in [7, 11) is 3.40. The number of hydrogen-bond acceptors (Lipinski definition) is 3. The fraction of sp³-hybridized carbons (Fsp3) is 0.579. The first-order valence-corrected chi connectivity index (χ1v) is 8.95. The molecule has 0 unspecified atom stereocenters. The molecule has 3 amide bonds. The average molecular weight is 347 g/mol. The van der Waals surface area contributed by atoms with Crippen LogP contribution in [0.4, 0.5) is 10.5 Å². The molecule has 1 aliphatic rings. The first kappa shape index (κ1) is 19.2. The average Bonchev–Trinajstić information content (AvgIpc) is 2.62. The topological polar surface area (TPSA) is 61.9 Å². The zero-order valence-corrected chi connectivity index (χ0v) is 15.5. The van der Waals surface area contributed by atoms with Crippen LogP contribution in [-0.4, -0.2) is 61.6 Å². The van der Waals surface area contributed by atoms with Gasteiger partial charge in [-0.05, 0) is 56.9 Å². The largest absolute Gasteiger partial charge is 0.385 e. The quantitative estimate of drug-likeness (QED) is 0.804. The summed E-state index contributed by atoms with van der Waals surface area (Å²) in [5.41, 5.74) is 1.35. The molecule has 1 aliphatic heterocycles. The molecule has 138 valence electrons. The molecule has 1 saturated heterocycles. The lowest BCUT2D eigenvalue weighted by Gasteiger charge is -2.33. The summed E-state index contributed by atoms with van der Waals surface area (Å²) >= 11 is 0. The maximum Gasteiger partial charge on any atom is 0.321 e. The molecule has 0 spiro atoms. The predicted molar refractivity (Wildman–Crippen MR) is 98.9 cm³/mol. The highest BCUT2D eigenvalue weighted by atomic mass is 16.5. The lowest BCUT2D eigenvalue weighted by molar-refractivity contribution is 0.0635. The summed E-state index contributed by atoms with van der Waals surface area (Å²) in [5, 5.41) is 2.84. The van der Waals surface area contributed by atoms with Crippen LogP contribution in [0.3, 0.4) is 0 Å². The van der Waals surface area contributed by atoms with Gasteiger partial charge in [-0.25, -0.2) is 4.79 Å². The van der Waals surface area contributed by atoms with E-state index in [-0.39, 0.29) is 11.9 Å². The third kappa shape index (κ3) is 5.46. The minimum Gasteiger partial charge on any atom is -0.385 e. The number of nitrogens with zero attached hydrogens (tertiary/aromatic N) is 2. The van der Waals surface area contributed by atoms with E-state index >= 15 is 0 Å². The van der Waals surface area contributed by atoms with E-state index in [0.29, 0.717) is 30.4 Å². The lowest BCUT2D eigenvalue weighted by Crippen LogP contribution is -2.42. The summed E-state index contributed by atoms with van der Waals surface area (Å²) in [6.07, 6.45) is 4.12. The summed E-state index contributed by atoms with van der Waals surface area (Å²) in [5.74, 6) is 0.0711. The summed E-state index contributed by atoms with van der Waals surface area (Å²) in [4.78, 5) is 28.3. The summed E-state index contributed by atoms with van der Waals surface area (Å²) < 4.78 is 4.99. The molecule has 1 fully saturated rings. The highest BCUT2D eigenvalue weighted by Crippen LogP contribution is 2.20. The van der Waals surface area contributed by atoms with Crippen LogP contribution < -0.4 is 5.32 Å². The number of carbonyl (C=O) groups is 2. The summed E-state index contributed by atoms with van der Waals surface area (Å²) in [6.45, 7) is 4.18. The Balaban J connectivity index is 1.90. The van der Waals surface area contributed by atoms with Crippen LogP contribution in [0.15, 0.2) is 24.3 Å². The standard InChI is InChI=1S/C19H29N3O3/c1-15-7-4-5-13-22(15)18(23)16-8-10-17(11-9-16)20-19(24)21(2)12-6-14-25-3/h8-11,15H,4-7,12-14H2,1-3H3,(H,20,24)/t15-/m0/s1. The highest BCUT2D eigenvalue weighted by Gasteiger charge is 2.24. The first-order valence-electron chi connectivity index (χ1n) is 8.95. The van der Waals surface area contributed by atoms with Gasteiger partial charge in [-0.3, -0.25) is 4.79 Å². The first-order chi connectivity index (χ1) is 12.0. The Hall–Kier alpha value is -2.08. The van der Waals surface area contributed by atoms with Crippen molar-refractivity contribution in [1.82, 2.24) is 9.80 Å². The van der Waals surface area contributed by atoms with Gasteiger partial charge in [0.15, 0.2) is 0 Å². The number of nitrogens with one attached hydrogen (secondary N) is 1. The van der Waals surface area contributed by atoms with Crippen molar-refractivity contribution >= 4 is 17.6 Å². The molecule has 0 aromatic heterocycles. The van der Waals surface area contributed by atoms with E-state index in [1.807, 2.05) is 4.90 Å². The molecule has 0 radical (unpaired) electrons. The van der Waals surface area contributed by atoms with E-state index in [0.717, 1.165) is 25.8 Å². The van der Waals surface area contributed by atoms with Crippen LogP contribution in [0.5, 0.6) is 0 Å². The van der Waals surface area contributed by atoms with Gasteiger partial charge in [0.05, 0.1) is 0 Å². The number of likely N-dealkylation sites (tertiary alicyclic amines) is 1. The van der Waals surface area contributed by atoms with Crippen molar-refractivity contribution in [2.24, 2.45) is 0 Å². The Kier molecular flexibility index (Phi) is 7.25. The van der Waals surface area contributed by atoms with Crippen molar-refractivity contribution in [3.63, 3.8) is 0 Å². The van der Waals surface area contributed by atoms with Gasteiger partial charge in [0.25, 0.3) is 5.91 Å².